The lowest BCUT2D eigenvalue weighted by Crippen LogP contribution is -2.23. The first-order chi connectivity index (χ1) is 8.27. The van der Waals surface area contributed by atoms with Crippen molar-refractivity contribution >= 4 is 5.78 Å². The normalized spacial score (nSPS) is 14.7. The number of hydrogen-bond acceptors (Lipinski definition) is 4. The van der Waals surface area contributed by atoms with Crippen LogP contribution in [-0.2, 0) is 0 Å². The van der Waals surface area contributed by atoms with Crippen molar-refractivity contribution in [3.05, 3.63) is 35.4 Å². The number of ketones is 1. The average molecular weight is 259 g/mol. The van der Waals surface area contributed by atoms with Gasteiger partial charge in [0.05, 0.1) is 6.07 Å². The largest absolute Gasteiger partial charge is 0.454 e. The Labute approximate surface area is 99.9 Å². The average Bonchev–Trinajstić information content (AvgIpc) is 2.35. The van der Waals surface area contributed by atoms with Crippen molar-refractivity contribution in [1.82, 2.24) is 0 Å². The fraction of sp³-hybridized carbons (Fsp3) is 0.273. The predicted molar refractivity (Wildman–Crippen MR) is 53.4 cm³/mol. The van der Waals surface area contributed by atoms with Crippen LogP contribution < -0.4 is 0 Å². The van der Waals surface area contributed by atoms with Crippen LogP contribution in [0.3, 0.4) is 0 Å². The van der Waals surface area contributed by atoms with E-state index in [1.807, 2.05) is 0 Å². The van der Waals surface area contributed by atoms with Crippen LogP contribution in [0.15, 0.2) is 24.3 Å². The molecular weight excluding hydrogens is 251 g/mol. The number of Topliss-reactive ketones (excluding diaryl/α,β-unsaturated/α-hetero) is 1. The summed E-state index contributed by atoms with van der Waals surface area (Å²) in [6, 6.07) is 5.40. The molecule has 0 bridgehead atoms. The van der Waals surface area contributed by atoms with Crippen molar-refractivity contribution in [1.29, 1.82) is 5.26 Å². The number of carbonyl (C=O) groups excluding carboxylic acids is 1. The van der Waals surface area contributed by atoms with Gasteiger partial charge in [-0.05, 0) is 11.6 Å². The zero-order valence-electron chi connectivity index (χ0n) is 8.85. The lowest BCUT2D eigenvalue weighted by atomic mass is 10.0. The summed E-state index contributed by atoms with van der Waals surface area (Å²) < 4.78 is 36.5. The van der Waals surface area contributed by atoms with E-state index >= 15 is 0 Å². The molecule has 0 radical (unpaired) electrons. The van der Waals surface area contributed by atoms with Crippen molar-refractivity contribution in [3.8, 4) is 6.07 Å². The number of carbonyl (C=O) groups is 1. The summed E-state index contributed by atoms with van der Waals surface area (Å²) in [5, 5.41) is 26.9. The van der Waals surface area contributed by atoms with E-state index in [1.54, 1.807) is 0 Å². The van der Waals surface area contributed by atoms with E-state index in [-0.39, 0.29) is 5.56 Å². The van der Waals surface area contributed by atoms with Crippen molar-refractivity contribution in [3.63, 3.8) is 0 Å². The van der Waals surface area contributed by atoms with Crippen LogP contribution in [0.5, 0.6) is 0 Å². The summed E-state index contributed by atoms with van der Waals surface area (Å²) in [5.41, 5.74) is -0.802. The highest BCUT2D eigenvalue weighted by atomic mass is 19.4. The molecule has 1 aromatic rings. The van der Waals surface area contributed by atoms with Gasteiger partial charge in [0.25, 0.3) is 5.78 Å². The molecule has 0 saturated heterocycles. The van der Waals surface area contributed by atoms with Gasteiger partial charge in [0, 0.05) is 5.56 Å². The first kappa shape index (κ1) is 14.2. The predicted octanol–water partition coefficient (Wildman–Crippen LogP) is 1.35. The second kappa shape index (κ2) is 5.16. The van der Waals surface area contributed by atoms with Crippen LogP contribution in [0.2, 0.25) is 0 Å². The molecule has 0 amide bonds. The van der Waals surface area contributed by atoms with Crippen molar-refractivity contribution < 1.29 is 28.2 Å². The molecule has 2 N–H and O–H groups in total. The first-order valence-corrected chi connectivity index (χ1v) is 4.74. The number of benzene rings is 1. The third kappa shape index (κ3) is 3.06. The summed E-state index contributed by atoms with van der Waals surface area (Å²) in [5.74, 6) is -2.05. The lowest BCUT2D eigenvalue weighted by Gasteiger charge is -2.13. The van der Waals surface area contributed by atoms with Crippen LogP contribution in [0.4, 0.5) is 13.2 Å². The zero-order chi connectivity index (χ0) is 13.9. The van der Waals surface area contributed by atoms with Crippen molar-refractivity contribution in [2.24, 2.45) is 0 Å². The Kier molecular flexibility index (Phi) is 4.06. The highest BCUT2D eigenvalue weighted by Crippen LogP contribution is 2.24. The van der Waals surface area contributed by atoms with Gasteiger partial charge < -0.3 is 10.2 Å². The van der Waals surface area contributed by atoms with E-state index in [2.05, 4.69) is 0 Å². The Hall–Kier alpha value is -1.91. The molecule has 0 aliphatic rings. The van der Waals surface area contributed by atoms with E-state index in [4.69, 9.17) is 10.4 Å². The van der Waals surface area contributed by atoms with E-state index < -0.39 is 29.7 Å². The molecule has 1 aromatic carbocycles. The smallest absolute Gasteiger partial charge is 0.385 e. The Morgan fingerprint density at radius 2 is 1.94 bits per heavy atom. The van der Waals surface area contributed by atoms with E-state index in [0.29, 0.717) is 0 Å². The van der Waals surface area contributed by atoms with Gasteiger partial charge in [-0.2, -0.15) is 18.4 Å². The van der Waals surface area contributed by atoms with Crippen LogP contribution in [-0.4, -0.2) is 28.3 Å². The maximum Gasteiger partial charge on any atom is 0.454 e. The topological polar surface area (TPSA) is 81.3 Å². The van der Waals surface area contributed by atoms with Gasteiger partial charge in [-0.3, -0.25) is 4.79 Å². The number of nitriles is 1. The molecule has 2 unspecified atom stereocenters. The maximum atomic E-state index is 12.2. The summed E-state index contributed by atoms with van der Waals surface area (Å²) in [6.45, 7) is 0. The Morgan fingerprint density at radius 3 is 2.44 bits per heavy atom. The quantitative estimate of drug-likeness (QED) is 0.634. The number of nitrogens with zero attached hydrogens (tertiary/aromatic N) is 1. The van der Waals surface area contributed by atoms with Gasteiger partial charge in [0.2, 0.25) is 0 Å². The molecule has 0 spiro atoms. The second-order valence-electron chi connectivity index (χ2n) is 3.47. The molecule has 18 heavy (non-hydrogen) atoms. The molecule has 0 aliphatic heterocycles. The van der Waals surface area contributed by atoms with Crippen molar-refractivity contribution in [2.75, 3.05) is 0 Å². The summed E-state index contributed by atoms with van der Waals surface area (Å²) in [4.78, 5) is 10.9. The molecular formula is C11H8F3NO3. The highest BCUT2D eigenvalue weighted by Gasteiger charge is 2.39. The van der Waals surface area contributed by atoms with Gasteiger partial charge in [0.1, 0.15) is 6.10 Å². The zero-order valence-corrected chi connectivity index (χ0v) is 8.85. The second-order valence-corrected chi connectivity index (χ2v) is 3.47. The molecule has 0 fully saturated rings. The first-order valence-electron chi connectivity index (χ1n) is 4.74. The summed E-state index contributed by atoms with van der Waals surface area (Å²) in [6.07, 6.45) is -8.46. The van der Waals surface area contributed by atoms with Crippen LogP contribution in [0, 0.1) is 11.3 Å². The molecule has 1 rings (SSSR count). The van der Waals surface area contributed by atoms with E-state index in [0.717, 1.165) is 18.2 Å². The third-order valence-corrected chi connectivity index (χ3v) is 2.18. The van der Waals surface area contributed by atoms with Crippen LogP contribution in [0.1, 0.15) is 22.0 Å². The SMILES string of the molecule is N#CC(O)C(O)c1cccc(C(=O)C(F)(F)F)c1. The maximum absolute atomic E-state index is 12.2. The lowest BCUT2D eigenvalue weighted by molar-refractivity contribution is -0.0885. The molecule has 0 aromatic heterocycles. The Bertz CT molecular complexity index is 493. The minimum absolute atomic E-state index is 0.140. The van der Waals surface area contributed by atoms with Crippen LogP contribution in [0.25, 0.3) is 0 Å². The molecule has 0 heterocycles. The number of rotatable bonds is 3. The molecule has 96 valence electrons. The molecule has 7 heteroatoms. The van der Waals surface area contributed by atoms with E-state index in [9.17, 15) is 23.1 Å². The minimum atomic E-state index is -5.02. The number of hydrogen-bond donors (Lipinski definition) is 2. The summed E-state index contributed by atoms with van der Waals surface area (Å²) >= 11 is 0. The number of halogens is 3. The van der Waals surface area contributed by atoms with Gasteiger partial charge in [-0.1, -0.05) is 18.2 Å². The van der Waals surface area contributed by atoms with Gasteiger partial charge in [-0.15, -0.1) is 0 Å². The standard InChI is InChI=1S/C11H8F3NO3/c12-11(13,14)10(18)7-3-1-2-6(4-7)9(17)8(16)5-15/h1-4,8-9,16-17H. The Balaban J connectivity index is 3.08. The highest BCUT2D eigenvalue weighted by molar-refractivity contribution is 6.00. The molecule has 0 aliphatic carbocycles. The number of alkyl halides is 3. The van der Waals surface area contributed by atoms with Gasteiger partial charge in [-0.25, -0.2) is 0 Å². The Morgan fingerprint density at radius 1 is 1.33 bits per heavy atom. The monoisotopic (exact) mass is 259 g/mol. The fourth-order valence-electron chi connectivity index (χ4n) is 1.28. The third-order valence-electron chi connectivity index (χ3n) is 2.18. The van der Waals surface area contributed by atoms with Crippen LogP contribution >= 0.6 is 0 Å². The molecule has 2 atom stereocenters. The number of aliphatic hydroxyl groups is 2. The minimum Gasteiger partial charge on any atom is -0.385 e. The van der Waals surface area contributed by atoms with E-state index in [1.165, 1.54) is 12.1 Å². The molecule has 0 saturated carbocycles. The van der Waals surface area contributed by atoms with Crippen molar-refractivity contribution in [2.45, 2.75) is 18.4 Å². The number of aliphatic hydroxyl groups excluding tert-OH is 2. The summed E-state index contributed by atoms with van der Waals surface area (Å²) in [7, 11) is 0. The van der Waals surface area contributed by atoms with Gasteiger partial charge in [0.15, 0.2) is 6.10 Å². The molecule has 4 nitrogen and oxygen atoms in total. The fourth-order valence-corrected chi connectivity index (χ4v) is 1.28. The van der Waals surface area contributed by atoms with Gasteiger partial charge >= 0.3 is 6.18 Å².